The van der Waals surface area contributed by atoms with E-state index in [1.165, 1.54) is 31.4 Å². The zero-order valence-corrected chi connectivity index (χ0v) is 19.9. The average molecular weight is 487 g/mol. The number of rotatable bonds is 3. The van der Waals surface area contributed by atoms with Crippen LogP contribution in [0.3, 0.4) is 0 Å². The number of nitrogens with zero attached hydrogens (tertiary/aromatic N) is 3. The number of methoxy groups -OCH3 is 1. The average Bonchev–Trinajstić information content (AvgIpc) is 3.21. The minimum atomic E-state index is -0.607. The number of fused-ring (bicyclic) bond motifs is 4. The normalized spacial score (nSPS) is 19.1. The van der Waals surface area contributed by atoms with E-state index in [0.717, 1.165) is 25.9 Å². The Hall–Kier alpha value is -3.96. The van der Waals surface area contributed by atoms with Crippen molar-refractivity contribution in [3.05, 3.63) is 53.2 Å². The van der Waals surface area contributed by atoms with E-state index in [1.807, 2.05) is 0 Å². The Morgan fingerprint density at radius 1 is 1.17 bits per heavy atom. The van der Waals surface area contributed by atoms with Gasteiger partial charge in [0.05, 0.1) is 12.7 Å². The summed E-state index contributed by atoms with van der Waals surface area (Å²) in [6.07, 6.45) is 9.40. The number of halogens is 2. The number of hydrogen-bond donors (Lipinski definition) is 2. The molecular weight excluding hydrogens is 462 g/mol. The van der Waals surface area contributed by atoms with Gasteiger partial charge in [-0.15, -0.1) is 6.42 Å². The Morgan fingerprint density at radius 2 is 1.92 bits per heavy atom. The van der Waals surface area contributed by atoms with Crippen molar-refractivity contribution in [3.8, 4) is 35.2 Å². The van der Waals surface area contributed by atoms with Crippen LogP contribution >= 0.6 is 0 Å². The van der Waals surface area contributed by atoms with Crippen LogP contribution in [-0.4, -0.2) is 47.4 Å². The highest BCUT2D eigenvalue weighted by atomic mass is 19.1. The number of phenols is 1. The quantitative estimate of drug-likeness (QED) is 0.410. The van der Waals surface area contributed by atoms with Crippen molar-refractivity contribution >= 4 is 27.4 Å². The van der Waals surface area contributed by atoms with Gasteiger partial charge in [-0.25, -0.2) is 8.78 Å². The van der Waals surface area contributed by atoms with E-state index in [9.17, 15) is 9.50 Å². The predicted octanol–water partition coefficient (Wildman–Crippen LogP) is 4.67. The van der Waals surface area contributed by atoms with E-state index >= 15 is 4.39 Å². The largest absolute Gasteiger partial charge is 0.508 e. The molecule has 0 spiro atoms. The summed E-state index contributed by atoms with van der Waals surface area (Å²) in [6, 6.07) is 6.29. The maximum atomic E-state index is 16.4. The zero-order chi connectivity index (χ0) is 25.1. The first-order valence-electron chi connectivity index (χ1n) is 11.9. The molecule has 4 aromatic rings. The molecule has 2 unspecified atom stereocenters. The topological polar surface area (TPSA) is 70.5 Å². The predicted molar refractivity (Wildman–Crippen MR) is 135 cm³/mol. The first-order valence-corrected chi connectivity index (χ1v) is 11.9. The lowest BCUT2D eigenvalue weighted by molar-refractivity contribution is 0.394. The van der Waals surface area contributed by atoms with Crippen LogP contribution in [-0.2, 0) is 0 Å². The summed E-state index contributed by atoms with van der Waals surface area (Å²) >= 11 is 0. The third-order valence-corrected chi connectivity index (χ3v) is 7.32. The number of benzene rings is 2. The minimum absolute atomic E-state index is 0.00944. The Balaban J connectivity index is 1.63. The second-order valence-electron chi connectivity index (χ2n) is 9.48. The van der Waals surface area contributed by atoms with Crippen LogP contribution in [0.2, 0.25) is 0 Å². The van der Waals surface area contributed by atoms with Crippen LogP contribution in [0.5, 0.6) is 11.6 Å². The molecule has 2 N–H and O–H groups in total. The number of aryl methyl sites for hydroxylation is 1. The minimum Gasteiger partial charge on any atom is -0.508 e. The fraction of sp³-hybridized carbons (Fsp3) is 0.286. The molecule has 6 rings (SSSR count). The van der Waals surface area contributed by atoms with Gasteiger partial charge in [-0.3, -0.25) is 4.98 Å². The molecule has 2 fully saturated rings. The number of nitrogens with one attached hydrogen (secondary N) is 1. The number of phenolic OH excluding ortho intramolecular Hbond substituents is 1. The highest BCUT2D eigenvalue weighted by molar-refractivity contribution is 6.04. The van der Waals surface area contributed by atoms with Crippen molar-refractivity contribution in [3.63, 3.8) is 0 Å². The summed E-state index contributed by atoms with van der Waals surface area (Å²) in [5.41, 5.74) is 0.704. The van der Waals surface area contributed by atoms with Gasteiger partial charge in [0.2, 0.25) is 5.88 Å². The summed E-state index contributed by atoms with van der Waals surface area (Å²) in [5, 5.41) is 15.7. The smallest absolute Gasteiger partial charge is 0.218 e. The zero-order valence-electron chi connectivity index (χ0n) is 19.9. The van der Waals surface area contributed by atoms with Gasteiger partial charge in [0.25, 0.3) is 0 Å². The second kappa shape index (κ2) is 8.32. The number of aromatic hydroxyl groups is 1. The number of ether oxygens (including phenoxy) is 1. The first kappa shape index (κ1) is 22.5. The number of terminal acetylenes is 1. The van der Waals surface area contributed by atoms with Gasteiger partial charge in [0, 0.05) is 58.7 Å². The lowest BCUT2D eigenvalue weighted by Gasteiger charge is -2.34. The molecule has 2 saturated heterocycles. The highest BCUT2D eigenvalue weighted by Crippen LogP contribution is 2.41. The van der Waals surface area contributed by atoms with Crippen LogP contribution in [0.25, 0.3) is 32.8 Å². The number of hydrogen-bond acceptors (Lipinski definition) is 6. The van der Waals surface area contributed by atoms with Crippen molar-refractivity contribution in [1.82, 2.24) is 15.3 Å². The van der Waals surface area contributed by atoms with Crippen LogP contribution in [0.15, 0.2) is 30.5 Å². The van der Waals surface area contributed by atoms with Gasteiger partial charge >= 0.3 is 0 Å². The maximum absolute atomic E-state index is 16.4. The van der Waals surface area contributed by atoms with Crippen LogP contribution < -0.4 is 15.0 Å². The molecule has 2 aliphatic heterocycles. The lowest BCUT2D eigenvalue weighted by Crippen LogP contribution is -2.51. The molecule has 36 heavy (non-hydrogen) atoms. The van der Waals surface area contributed by atoms with Gasteiger partial charge in [-0.2, -0.15) is 4.98 Å². The lowest BCUT2D eigenvalue weighted by atomic mass is 9.95. The highest BCUT2D eigenvalue weighted by Gasteiger charge is 2.34. The SMILES string of the molecule is C#Cc1c(F)ccc2cc(O)cc(-c3ncc4c(N5CC6CCC(C5)N6)nc(OC)c(C)c4c3F)c12. The van der Waals surface area contributed by atoms with Gasteiger partial charge in [0.15, 0.2) is 5.82 Å². The molecule has 0 radical (unpaired) electrons. The summed E-state index contributed by atoms with van der Waals surface area (Å²) < 4.78 is 36.6. The van der Waals surface area contributed by atoms with Crippen LogP contribution in [0, 0.1) is 30.9 Å². The second-order valence-corrected chi connectivity index (χ2v) is 9.48. The Kier molecular flexibility index (Phi) is 5.20. The van der Waals surface area contributed by atoms with Crippen molar-refractivity contribution in [2.24, 2.45) is 0 Å². The van der Waals surface area contributed by atoms with Crippen molar-refractivity contribution in [2.45, 2.75) is 31.8 Å². The monoisotopic (exact) mass is 486 g/mol. The van der Waals surface area contributed by atoms with Crippen molar-refractivity contribution in [2.75, 3.05) is 25.1 Å². The van der Waals surface area contributed by atoms with Crippen LogP contribution in [0.1, 0.15) is 24.0 Å². The van der Waals surface area contributed by atoms with E-state index < -0.39 is 11.6 Å². The van der Waals surface area contributed by atoms with Crippen molar-refractivity contribution < 1.29 is 18.6 Å². The van der Waals surface area contributed by atoms with E-state index in [1.54, 1.807) is 13.1 Å². The summed E-state index contributed by atoms with van der Waals surface area (Å²) in [5.74, 6) is 2.01. The van der Waals surface area contributed by atoms with E-state index in [0.29, 0.717) is 50.9 Å². The molecule has 2 bridgehead atoms. The third kappa shape index (κ3) is 3.34. The first-order chi connectivity index (χ1) is 17.4. The van der Waals surface area contributed by atoms with Gasteiger partial charge in [0.1, 0.15) is 23.1 Å². The molecule has 2 aliphatic rings. The van der Waals surface area contributed by atoms with E-state index in [4.69, 9.17) is 16.1 Å². The van der Waals surface area contributed by atoms with E-state index in [-0.39, 0.29) is 22.6 Å². The molecule has 4 heterocycles. The van der Waals surface area contributed by atoms with Crippen LogP contribution in [0.4, 0.5) is 14.6 Å². The molecule has 182 valence electrons. The third-order valence-electron chi connectivity index (χ3n) is 7.32. The molecule has 6 nitrogen and oxygen atoms in total. The Labute approximate surface area is 206 Å². The molecule has 8 heteroatoms. The molecule has 2 atom stereocenters. The summed E-state index contributed by atoms with van der Waals surface area (Å²) in [4.78, 5) is 11.4. The molecule has 2 aromatic carbocycles. The Bertz CT molecular complexity index is 1590. The number of piperazine rings is 1. The molecule has 2 aromatic heterocycles. The van der Waals surface area contributed by atoms with Gasteiger partial charge in [-0.05, 0) is 43.4 Å². The number of aromatic nitrogens is 2. The summed E-state index contributed by atoms with van der Waals surface area (Å²) in [7, 11) is 1.51. The molecular formula is C28H24F2N4O2. The van der Waals surface area contributed by atoms with Crippen molar-refractivity contribution in [1.29, 1.82) is 0 Å². The maximum Gasteiger partial charge on any atom is 0.218 e. The molecule has 0 amide bonds. The number of anilines is 1. The molecule has 0 aliphatic carbocycles. The Morgan fingerprint density at radius 3 is 2.61 bits per heavy atom. The number of pyridine rings is 2. The summed E-state index contributed by atoms with van der Waals surface area (Å²) in [6.45, 7) is 3.27. The fourth-order valence-electron chi connectivity index (χ4n) is 5.72. The molecule has 0 saturated carbocycles. The van der Waals surface area contributed by atoms with E-state index in [2.05, 4.69) is 21.1 Å². The van der Waals surface area contributed by atoms with Gasteiger partial charge in [-0.1, -0.05) is 12.0 Å². The van der Waals surface area contributed by atoms with Gasteiger partial charge < -0.3 is 20.1 Å². The standard InChI is InChI=1S/C28H24F2N4O2/c1-4-19-22(29)8-5-15-9-18(35)10-20(24(15)19)26-25(30)23-14(2)28(36-3)33-27(21(23)11-31-26)34-12-16-6-7-17(13-34)32-16/h1,5,8-11,16-17,32,35H,6-7,12-13H2,2-3H3. The fourth-order valence-corrected chi connectivity index (χ4v) is 5.72.